The van der Waals surface area contributed by atoms with E-state index in [1.807, 2.05) is 0 Å². The van der Waals surface area contributed by atoms with Crippen molar-refractivity contribution in [1.82, 2.24) is 0 Å². The molecule has 6 nitrogen and oxygen atoms in total. The van der Waals surface area contributed by atoms with Crippen LogP contribution in [-0.4, -0.2) is 42.0 Å². The molecule has 0 saturated carbocycles. The molecule has 8 heteroatoms. The van der Waals surface area contributed by atoms with Crippen LogP contribution in [0.4, 0.5) is 0 Å². The van der Waals surface area contributed by atoms with Gasteiger partial charge >= 0.3 is 0 Å². The largest absolute Gasteiger partial charge is 0.490 e. The zero-order valence-corrected chi connectivity index (χ0v) is 12.0. The summed E-state index contributed by atoms with van der Waals surface area (Å²) in [6.45, 7) is 1.69. The molecular weight excluding hydrogens is 294 g/mol. The highest BCUT2D eigenvalue weighted by molar-refractivity contribution is 7.89. The van der Waals surface area contributed by atoms with Gasteiger partial charge in [-0.3, -0.25) is 0 Å². The standard InChI is InChI=1S/C11H16ClNO5S/c1-16-4-5-17-6-7-18-11-3-2-9(8-10(11)12)19(13,14)15/h2-3,8H,4-7H2,1H3,(H2,13,14,15). The van der Waals surface area contributed by atoms with Crippen LogP contribution >= 0.6 is 11.6 Å². The molecule has 2 N–H and O–H groups in total. The third kappa shape index (κ3) is 5.75. The number of rotatable bonds is 8. The zero-order chi connectivity index (χ0) is 14.3. The van der Waals surface area contributed by atoms with E-state index in [0.29, 0.717) is 32.2 Å². The minimum Gasteiger partial charge on any atom is -0.490 e. The van der Waals surface area contributed by atoms with E-state index in [2.05, 4.69) is 0 Å². The van der Waals surface area contributed by atoms with Gasteiger partial charge in [0.25, 0.3) is 0 Å². The molecule has 0 fully saturated rings. The molecule has 0 heterocycles. The van der Waals surface area contributed by atoms with Crippen LogP contribution in [0.1, 0.15) is 0 Å². The van der Waals surface area contributed by atoms with Crippen molar-refractivity contribution < 1.29 is 22.6 Å². The molecule has 0 aromatic heterocycles. The average molecular weight is 310 g/mol. The number of nitrogens with two attached hydrogens (primary N) is 1. The molecule has 0 bridgehead atoms. The van der Waals surface area contributed by atoms with Crippen molar-refractivity contribution in [1.29, 1.82) is 0 Å². The molecule has 1 aromatic rings. The van der Waals surface area contributed by atoms with E-state index >= 15 is 0 Å². The molecule has 0 aliphatic rings. The van der Waals surface area contributed by atoms with Crippen molar-refractivity contribution in [3.8, 4) is 5.75 Å². The number of benzene rings is 1. The normalized spacial score (nSPS) is 11.5. The molecule has 0 unspecified atom stereocenters. The van der Waals surface area contributed by atoms with Crippen LogP contribution in [0.3, 0.4) is 0 Å². The zero-order valence-electron chi connectivity index (χ0n) is 10.5. The lowest BCUT2D eigenvalue weighted by molar-refractivity contribution is 0.0544. The third-order valence-corrected chi connectivity index (χ3v) is 3.36. The van der Waals surface area contributed by atoms with Crippen LogP contribution in [0.5, 0.6) is 5.75 Å². The number of primary sulfonamides is 1. The summed E-state index contributed by atoms with van der Waals surface area (Å²) in [5, 5.41) is 5.17. The van der Waals surface area contributed by atoms with Crippen molar-refractivity contribution in [2.24, 2.45) is 5.14 Å². The molecule has 0 radical (unpaired) electrons. The van der Waals surface area contributed by atoms with Gasteiger partial charge in [-0.25, -0.2) is 13.6 Å². The first kappa shape index (κ1) is 16.2. The fourth-order valence-electron chi connectivity index (χ4n) is 1.23. The summed E-state index contributed by atoms with van der Waals surface area (Å²) >= 11 is 5.89. The van der Waals surface area contributed by atoms with Gasteiger partial charge in [0.15, 0.2) is 0 Å². The molecule has 0 saturated heterocycles. The molecule has 0 aliphatic heterocycles. The van der Waals surface area contributed by atoms with Gasteiger partial charge in [0, 0.05) is 7.11 Å². The summed E-state index contributed by atoms with van der Waals surface area (Å²) in [4.78, 5) is -0.0544. The monoisotopic (exact) mass is 309 g/mol. The molecule has 0 amide bonds. The van der Waals surface area contributed by atoms with Crippen molar-refractivity contribution in [2.45, 2.75) is 4.90 Å². The Hall–Kier alpha value is -0.860. The number of hydrogen-bond donors (Lipinski definition) is 1. The van der Waals surface area contributed by atoms with Crippen LogP contribution in [0.15, 0.2) is 23.1 Å². The van der Waals surface area contributed by atoms with Crippen LogP contribution < -0.4 is 9.88 Å². The fourth-order valence-corrected chi connectivity index (χ4v) is 2.07. The van der Waals surface area contributed by atoms with Crippen LogP contribution in [0.25, 0.3) is 0 Å². The highest BCUT2D eigenvalue weighted by Crippen LogP contribution is 2.26. The summed E-state index contributed by atoms with van der Waals surface area (Å²) in [5.74, 6) is 0.379. The maximum atomic E-state index is 11.1. The van der Waals surface area contributed by atoms with Gasteiger partial charge < -0.3 is 14.2 Å². The van der Waals surface area contributed by atoms with E-state index < -0.39 is 10.0 Å². The second-order valence-electron chi connectivity index (χ2n) is 3.59. The Kier molecular flexibility index (Phi) is 6.53. The minimum absolute atomic E-state index is 0.0544. The summed E-state index contributed by atoms with van der Waals surface area (Å²) < 4.78 is 37.6. The van der Waals surface area contributed by atoms with Gasteiger partial charge in [-0.2, -0.15) is 0 Å². The van der Waals surface area contributed by atoms with Crippen molar-refractivity contribution in [2.75, 3.05) is 33.5 Å². The SMILES string of the molecule is COCCOCCOc1ccc(S(N)(=O)=O)cc1Cl. The maximum absolute atomic E-state index is 11.1. The molecule has 0 aliphatic carbocycles. The lowest BCUT2D eigenvalue weighted by Gasteiger charge is -2.09. The van der Waals surface area contributed by atoms with E-state index in [4.69, 9.17) is 31.0 Å². The predicted octanol–water partition coefficient (Wildman–Crippen LogP) is 1.03. The first-order valence-corrected chi connectivity index (χ1v) is 7.39. The van der Waals surface area contributed by atoms with E-state index in [-0.39, 0.29) is 9.92 Å². The quantitative estimate of drug-likeness (QED) is 0.725. The van der Waals surface area contributed by atoms with Gasteiger partial charge in [-0.1, -0.05) is 11.6 Å². The molecule has 1 aromatic carbocycles. The highest BCUT2D eigenvalue weighted by Gasteiger charge is 2.11. The van der Waals surface area contributed by atoms with E-state index in [9.17, 15) is 8.42 Å². The van der Waals surface area contributed by atoms with Crippen molar-refractivity contribution in [3.05, 3.63) is 23.2 Å². The first-order valence-electron chi connectivity index (χ1n) is 5.47. The van der Waals surface area contributed by atoms with Crippen molar-refractivity contribution in [3.63, 3.8) is 0 Å². The van der Waals surface area contributed by atoms with Gasteiger partial charge in [-0.15, -0.1) is 0 Å². The number of hydrogen-bond acceptors (Lipinski definition) is 5. The second-order valence-corrected chi connectivity index (χ2v) is 5.56. The number of sulfonamides is 1. The summed E-state index contributed by atoms with van der Waals surface area (Å²) in [6, 6.07) is 4.04. The lowest BCUT2D eigenvalue weighted by Crippen LogP contribution is -2.12. The molecular formula is C11H16ClNO5S. The summed E-state index contributed by atoms with van der Waals surface area (Å²) in [7, 11) is -2.17. The Bertz CT molecular complexity index is 506. The van der Waals surface area contributed by atoms with E-state index in [0.717, 1.165) is 0 Å². The van der Waals surface area contributed by atoms with Crippen LogP contribution in [0.2, 0.25) is 5.02 Å². The Morgan fingerprint density at radius 1 is 1.21 bits per heavy atom. The lowest BCUT2D eigenvalue weighted by atomic mass is 10.3. The Labute approximate surface area is 117 Å². The molecule has 0 spiro atoms. The Morgan fingerprint density at radius 3 is 2.47 bits per heavy atom. The average Bonchev–Trinajstić information content (AvgIpc) is 2.34. The highest BCUT2D eigenvalue weighted by atomic mass is 35.5. The smallest absolute Gasteiger partial charge is 0.238 e. The first-order chi connectivity index (χ1) is 8.95. The molecule has 0 atom stereocenters. The van der Waals surface area contributed by atoms with Crippen molar-refractivity contribution >= 4 is 21.6 Å². The van der Waals surface area contributed by atoms with E-state index in [1.165, 1.54) is 18.2 Å². The fraction of sp³-hybridized carbons (Fsp3) is 0.455. The second kappa shape index (κ2) is 7.66. The molecule has 108 valence electrons. The topological polar surface area (TPSA) is 87.8 Å². The van der Waals surface area contributed by atoms with Gasteiger partial charge in [0.1, 0.15) is 12.4 Å². The number of halogens is 1. The van der Waals surface area contributed by atoms with Gasteiger partial charge in [0.05, 0.1) is 29.7 Å². The van der Waals surface area contributed by atoms with E-state index in [1.54, 1.807) is 7.11 Å². The third-order valence-electron chi connectivity index (χ3n) is 2.15. The van der Waals surface area contributed by atoms with Gasteiger partial charge in [0.2, 0.25) is 10.0 Å². The number of methoxy groups -OCH3 is 1. The van der Waals surface area contributed by atoms with Crippen LogP contribution in [-0.2, 0) is 19.5 Å². The Morgan fingerprint density at radius 2 is 1.89 bits per heavy atom. The minimum atomic E-state index is -3.76. The number of ether oxygens (including phenoxy) is 3. The Balaban J connectivity index is 2.47. The van der Waals surface area contributed by atoms with Gasteiger partial charge in [-0.05, 0) is 18.2 Å². The van der Waals surface area contributed by atoms with Crippen LogP contribution in [0, 0.1) is 0 Å². The molecule has 19 heavy (non-hydrogen) atoms. The summed E-state index contributed by atoms with van der Waals surface area (Å²) in [5.41, 5.74) is 0. The maximum Gasteiger partial charge on any atom is 0.238 e. The summed E-state index contributed by atoms with van der Waals surface area (Å²) in [6.07, 6.45) is 0. The predicted molar refractivity (Wildman–Crippen MR) is 71.0 cm³/mol. The molecule has 1 rings (SSSR count).